The molecular formula is C21H24Cl2FN3O2. The summed E-state index contributed by atoms with van der Waals surface area (Å²) in [4.78, 5) is 28.6. The second-order valence-corrected chi connectivity index (χ2v) is 7.70. The number of carbonyl (C=O) groups is 2. The molecule has 0 atom stereocenters. The smallest absolute Gasteiger partial charge is 0.254 e. The predicted molar refractivity (Wildman–Crippen MR) is 114 cm³/mol. The molecule has 0 bridgehead atoms. The molecule has 1 N–H and O–H groups in total. The number of carbonyl (C=O) groups excluding carboxylic acids is 2. The summed E-state index contributed by atoms with van der Waals surface area (Å²) in [7, 11) is 3.92. The number of nitrogens with zero attached hydrogens (tertiary/aromatic N) is 2. The number of benzene rings is 2. The van der Waals surface area contributed by atoms with Crippen molar-refractivity contribution in [1.29, 1.82) is 0 Å². The summed E-state index contributed by atoms with van der Waals surface area (Å²) in [6.45, 7) is 1.43. The maximum absolute atomic E-state index is 13.7. The largest absolute Gasteiger partial charge is 0.343 e. The molecular weight excluding hydrogens is 416 g/mol. The highest BCUT2D eigenvalue weighted by molar-refractivity contribution is 6.42. The Labute approximate surface area is 180 Å². The first-order valence-electron chi connectivity index (χ1n) is 9.17. The molecule has 156 valence electrons. The number of hydrogen-bond acceptors (Lipinski definition) is 3. The van der Waals surface area contributed by atoms with Gasteiger partial charge in [-0.15, -0.1) is 0 Å². The van der Waals surface area contributed by atoms with E-state index in [-0.39, 0.29) is 18.0 Å². The van der Waals surface area contributed by atoms with Gasteiger partial charge in [0.2, 0.25) is 5.91 Å². The van der Waals surface area contributed by atoms with E-state index >= 15 is 0 Å². The minimum absolute atomic E-state index is 0.0936. The maximum atomic E-state index is 13.7. The molecule has 2 aromatic carbocycles. The van der Waals surface area contributed by atoms with Gasteiger partial charge in [0.15, 0.2) is 0 Å². The summed E-state index contributed by atoms with van der Waals surface area (Å²) >= 11 is 12.0. The first-order valence-corrected chi connectivity index (χ1v) is 9.92. The molecule has 5 nitrogen and oxygen atoms in total. The van der Waals surface area contributed by atoms with E-state index < -0.39 is 11.7 Å². The molecule has 0 fully saturated rings. The Morgan fingerprint density at radius 2 is 1.76 bits per heavy atom. The van der Waals surface area contributed by atoms with Crippen molar-refractivity contribution in [2.45, 2.75) is 13.0 Å². The molecule has 0 aliphatic heterocycles. The average Bonchev–Trinajstić information content (AvgIpc) is 2.68. The molecule has 0 heterocycles. The van der Waals surface area contributed by atoms with Gasteiger partial charge in [-0.25, -0.2) is 4.39 Å². The van der Waals surface area contributed by atoms with Gasteiger partial charge in [-0.1, -0.05) is 41.4 Å². The number of amides is 2. The maximum Gasteiger partial charge on any atom is 0.254 e. The second kappa shape index (κ2) is 11.1. The first-order chi connectivity index (χ1) is 13.8. The van der Waals surface area contributed by atoms with Crippen molar-refractivity contribution in [3.05, 3.63) is 69.5 Å². The van der Waals surface area contributed by atoms with Crippen molar-refractivity contribution < 1.29 is 14.0 Å². The highest BCUT2D eigenvalue weighted by Gasteiger charge is 2.17. The molecule has 2 amide bonds. The third-order valence-electron chi connectivity index (χ3n) is 4.26. The molecule has 0 unspecified atom stereocenters. The van der Waals surface area contributed by atoms with Crippen LogP contribution in [0.15, 0.2) is 42.5 Å². The van der Waals surface area contributed by atoms with Crippen molar-refractivity contribution in [3.63, 3.8) is 0 Å². The molecule has 2 aromatic rings. The SMILES string of the molecule is CN(C)CCCN(Cc1ccc(Cl)c(Cl)c1)C(=O)CNC(=O)c1ccccc1F. The second-order valence-electron chi connectivity index (χ2n) is 6.88. The minimum Gasteiger partial charge on any atom is -0.343 e. The van der Waals surface area contributed by atoms with Gasteiger partial charge in [0, 0.05) is 13.1 Å². The zero-order valence-electron chi connectivity index (χ0n) is 16.4. The Morgan fingerprint density at radius 1 is 1.03 bits per heavy atom. The summed E-state index contributed by atoms with van der Waals surface area (Å²) in [5.74, 6) is -1.52. The summed E-state index contributed by atoms with van der Waals surface area (Å²) in [6, 6.07) is 10.8. The van der Waals surface area contributed by atoms with Gasteiger partial charge in [0.1, 0.15) is 5.82 Å². The van der Waals surface area contributed by atoms with Gasteiger partial charge in [-0.05, 0) is 56.9 Å². The predicted octanol–water partition coefficient (Wildman–Crippen LogP) is 3.84. The van der Waals surface area contributed by atoms with Gasteiger partial charge in [-0.2, -0.15) is 0 Å². The van der Waals surface area contributed by atoms with Crippen LogP contribution in [-0.2, 0) is 11.3 Å². The van der Waals surface area contributed by atoms with Crippen LogP contribution in [0.5, 0.6) is 0 Å². The highest BCUT2D eigenvalue weighted by atomic mass is 35.5. The highest BCUT2D eigenvalue weighted by Crippen LogP contribution is 2.23. The molecule has 0 aliphatic carbocycles. The summed E-state index contributed by atoms with van der Waals surface area (Å²) < 4.78 is 13.7. The van der Waals surface area contributed by atoms with Crippen LogP contribution in [0.2, 0.25) is 10.0 Å². The van der Waals surface area contributed by atoms with Crippen LogP contribution in [-0.4, -0.2) is 55.3 Å². The van der Waals surface area contributed by atoms with Crippen LogP contribution >= 0.6 is 23.2 Å². The molecule has 29 heavy (non-hydrogen) atoms. The molecule has 0 spiro atoms. The van der Waals surface area contributed by atoms with Crippen LogP contribution in [0.3, 0.4) is 0 Å². The molecule has 0 aromatic heterocycles. The van der Waals surface area contributed by atoms with Crippen molar-refractivity contribution in [2.24, 2.45) is 0 Å². The minimum atomic E-state index is -0.629. The third-order valence-corrected chi connectivity index (χ3v) is 5.00. The lowest BCUT2D eigenvalue weighted by molar-refractivity contribution is -0.130. The lowest BCUT2D eigenvalue weighted by atomic mass is 10.2. The Hall–Kier alpha value is -2.15. The molecule has 0 saturated carbocycles. The van der Waals surface area contributed by atoms with Gasteiger partial charge in [-0.3, -0.25) is 9.59 Å². The van der Waals surface area contributed by atoms with E-state index in [1.54, 1.807) is 29.2 Å². The fraction of sp³-hybridized carbons (Fsp3) is 0.333. The Balaban J connectivity index is 2.03. The molecule has 0 radical (unpaired) electrons. The summed E-state index contributed by atoms with van der Waals surface area (Å²) in [5, 5.41) is 3.35. The normalized spacial score (nSPS) is 10.8. The standard InChI is InChI=1S/C21H24Cl2FN3O2/c1-26(2)10-5-11-27(14-15-8-9-17(22)18(23)12-15)20(28)13-25-21(29)16-6-3-4-7-19(16)24/h3-4,6-9,12H,5,10-11,13-14H2,1-2H3,(H,25,29). The summed E-state index contributed by atoms with van der Waals surface area (Å²) in [5.41, 5.74) is 0.738. The van der Waals surface area contributed by atoms with E-state index in [1.807, 2.05) is 19.0 Å². The van der Waals surface area contributed by atoms with E-state index in [4.69, 9.17) is 23.2 Å². The van der Waals surface area contributed by atoms with Crippen molar-refractivity contribution in [1.82, 2.24) is 15.1 Å². The zero-order valence-corrected chi connectivity index (χ0v) is 17.9. The number of halogens is 3. The van der Waals surface area contributed by atoms with Crippen LogP contribution in [0.25, 0.3) is 0 Å². The van der Waals surface area contributed by atoms with Crippen molar-refractivity contribution in [3.8, 4) is 0 Å². The molecule has 2 rings (SSSR count). The topological polar surface area (TPSA) is 52.6 Å². The van der Waals surface area contributed by atoms with Gasteiger partial charge in [0.05, 0.1) is 22.2 Å². The number of nitrogens with one attached hydrogen (secondary N) is 1. The van der Waals surface area contributed by atoms with E-state index in [0.717, 1.165) is 18.5 Å². The first kappa shape index (κ1) is 23.1. The van der Waals surface area contributed by atoms with E-state index in [1.165, 1.54) is 18.2 Å². The van der Waals surface area contributed by atoms with Gasteiger partial charge >= 0.3 is 0 Å². The van der Waals surface area contributed by atoms with Gasteiger partial charge < -0.3 is 15.1 Å². The lowest BCUT2D eigenvalue weighted by Crippen LogP contribution is -2.41. The van der Waals surface area contributed by atoms with Crippen molar-refractivity contribution in [2.75, 3.05) is 33.7 Å². The van der Waals surface area contributed by atoms with Crippen molar-refractivity contribution >= 4 is 35.0 Å². The van der Waals surface area contributed by atoms with Crippen LogP contribution in [0, 0.1) is 5.82 Å². The number of rotatable bonds is 9. The van der Waals surface area contributed by atoms with E-state index in [2.05, 4.69) is 5.32 Å². The molecule has 0 saturated heterocycles. The Morgan fingerprint density at radius 3 is 2.41 bits per heavy atom. The van der Waals surface area contributed by atoms with Crippen LogP contribution in [0.1, 0.15) is 22.3 Å². The average molecular weight is 440 g/mol. The van der Waals surface area contributed by atoms with Crippen LogP contribution < -0.4 is 5.32 Å². The fourth-order valence-corrected chi connectivity index (χ4v) is 3.06. The monoisotopic (exact) mass is 439 g/mol. The zero-order chi connectivity index (χ0) is 21.4. The summed E-state index contributed by atoms with van der Waals surface area (Å²) in [6.07, 6.45) is 0.765. The number of hydrogen-bond donors (Lipinski definition) is 1. The van der Waals surface area contributed by atoms with Crippen LogP contribution in [0.4, 0.5) is 4.39 Å². The van der Waals surface area contributed by atoms with E-state index in [9.17, 15) is 14.0 Å². The quantitative estimate of drug-likeness (QED) is 0.645. The Kier molecular flexibility index (Phi) is 8.89. The fourth-order valence-electron chi connectivity index (χ4n) is 2.74. The Bertz CT molecular complexity index is 862. The van der Waals surface area contributed by atoms with Gasteiger partial charge in [0.25, 0.3) is 5.91 Å². The molecule has 8 heteroatoms. The molecule has 0 aliphatic rings. The third kappa shape index (κ3) is 7.31. The lowest BCUT2D eigenvalue weighted by Gasteiger charge is -2.24. The van der Waals surface area contributed by atoms with E-state index in [0.29, 0.717) is 23.1 Å².